The van der Waals surface area contributed by atoms with Gasteiger partial charge in [0.1, 0.15) is 23.7 Å². The first kappa shape index (κ1) is 18.4. The average Bonchev–Trinajstić information content (AvgIpc) is 3.44. The first-order valence-corrected chi connectivity index (χ1v) is 10.5. The summed E-state index contributed by atoms with van der Waals surface area (Å²) in [5.41, 5.74) is 2.45. The van der Waals surface area contributed by atoms with E-state index in [0.29, 0.717) is 29.0 Å². The Morgan fingerprint density at radius 3 is 2.43 bits per heavy atom. The van der Waals surface area contributed by atoms with Gasteiger partial charge < -0.3 is 4.74 Å². The molecule has 0 atom stereocenters. The Balaban J connectivity index is 1.53. The van der Waals surface area contributed by atoms with Gasteiger partial charge in [-0.1, -0.05) is 0 Å². The van der Waals surface area contributed by atoms with E-state index in [1.165, 1.54) is 0 Å². The molecule has 3 aromatic rings. The zero-order valence-electron chi connectivity index (χ0n) is 15.9. The lowest BCUT2D eigenvalue weighted by Gasteiger charge is -2.11. The Morgan fingerprint density at radius 2 is 1.82 bits per heavy atom. The van der Waals surface area contributed by atoms with E-state index in [0.717, 1.165) is 24.2 Å². The first-order valence-electron chi connectivity index (χ1n) is 8.98. The van der Waals surface area contributed by atoms with Gasteiger partial charge in [-0.3, -0.25) is 9.29 Å². The summed E-state index contributed by atoms with van der Waals surface area (Å²) in [5, 5.41) is -0.263. The van der Waals surface area contributed by atoms with Crippen LogP contribution >= 0.6 is 0 Å². The molecule has 1 aliphatic carbocycles. The van der Waals surface area contributed by atoms with Crippen molar-refractivity contribution in [2.24, 2.45) is 0 Å². The van der Waals surface area contributed by atoms with Crippen molar-refractivity contribution in [3.8, 4) is 17.4 Å². The van der Waals surface area contributed by atoms with E-state index in [-0.39, 0.29) is 5.25 Å². The molecule has 0 aliphatic heterocycles. The highest BCUT2D eigenvalue weighted by Crippen LogP contribution is 2.30. The van der Waals surface area contributed by atoms with Crippen LogP contribution in [0.5, 0.6) is 11.6 Å². The minimum atomic E-state index is -3.28. The summed E-state index contributed by atoms with van der Waals surface area (Å²) in [5.74, 6) is 2.21. The third kappa shape index (κ3) is 3.84. The normalized spacial score (nSPS) is 14.1. The number of sulfonamides is 1. The second-order valence-corrected chi connectivity index (χ2v) is 8.83. The number of hydrogen-bond acceptors (Lipinski definition) is 6. The number of benzene rings is 1. The molecule has 2 aromatic heterocycles. The van der Waals surface area contributed by atoms with E-state index < -0.39 is 10.0 Å². The maximum absolute atomic E-state index is 12.0. The highest BCUT2D eigenvalue weighted by atomic mass is 32.2. The molecule has 1 aliphatic rings. The van der Waals surface area contributed by atoms with Crippen LogP contribution in [-0.2, 0) is 10.0 Å². The topological polar surface area (TPSA) is 99.0 Å². The van der Waals surface area contributed by atoms with Crippen LogP contribution in [0.4, 0.5) is 5.69 Å². The molecule has 0 amide bonds. The summed E-state index contributed by atoms with van der Waals surface area (Å²) >= 11 is 0. The predicted molar refractivity (Wildman–Crippen MR) is 105 cm³/mol. The van der Waals surface area contributed by atoms with E-state index in [1.807, 2.05) is 18.4 Å². The van der Waals surface area contributed by atoms with Gasteiger partial charge in [0.05, 0.1) is 10.9 Å². The monoisotopic (exact) mass is 399 g/mol. The van der Waals surface area contributed by atoms with Gasteiger partial charge in [-0.2, -0.15) is 4.98 Å². The van der Waals surface area contributed by atoms with Crippen molar-refractivity contribution in [1.82, 2.24) is 19.5 Å². The first-order chi connectivity index (χ1) is 13.3. The van der Waals surface area contributed by atoms with Crippen LogP contribution in [0.2, 0.25) is 0 Å². The molecule has 146 valence electrons. The Morgan fingerprint density at radius 1 is 1.11 bits per heavy atom. The molecule has 0 spiro atoms. The Bertz CT molecular complexity index is 1120. The zero-order chi connectivity index (χ0) is 19.9. The molecular weight excluding hydrogens is 378 g/mol. The van der Waals surface area contributed by atoms with Gasteiger partial charge in [-0.05, 0) is 57.9 Å². The van der Waals surface area contributed by atoms with Gasteiger partial charge in [-0.15, -0.1) is 0 Å². The number of aromatic nitrogens is 4. The van der Waals surface area contributed by atoms with Gasteiger partial charge in [0.15, 0.2) is 0 Å². The van der Waals surface area contributed by atoms with E-state index in [1.54, 1.807) is 43.6 Å². The summed E-state index contributed by atoms with van der Waals surface area (Å²) in [4.78, 5) is 13.1. The second kappa shape index (κ2) is 6.90. The zero-order valence-corrected chi connectivity index (χ0v) is 16.7. The fourth-order valence-corrected chi connectivity index (χ4v) is 4.16. The van der Waals surface area contributed by atoms with Gasteiger partial charge in [0.2, 0.25) is 15.9 Å². The van der Waals surface area contributed by atoms with Crippen molar-refractivity contribution in [3.63, 3.8) is 0 Å². The number of nitrogens with one attached hydrogen (secondary N) is 1. The minimum Gasteiger partial charge on any atom is -0.439 e. The number of hydrogen-bond donors (Lipinski definition) is 1. The lowest BCUT2D eigenvalue weighted by Crippen LogP contribution is -2.17. The fraction of sp³-hybridized carbons (Fsp3) is 0.316. The highest BCUT2D eigenvalue weighted by molar-refractivity contribution is 7.93. The van der Waals surface area contributed by atoms with E-state index >= 15 is 0 Å². The van der Waals surface area contributed by atoms with Crippen molar-refractivity contribution in [3.05, 3.63) is 53.9 Å². The summed E-state index contributed by atoms with van der Waals surface area (Å²) in [6.07, 6.45) is 3.17. The molecule has 0 saturated heterocycles. The van der Waals surface area contributed by atoms with Gasteiger partial charge in [-0.25, -0.2) is 18.4 Å². The second-order valence-electron chi connectivity index (χ2n) is 6.87. The largest absolute Gasteiger partial charge is 0.439 e. The molecule has 1 aromatic carbocycles. The highest BCUT2D eigenvalue weighted by Gasteiger charge is 2.35. The van der Waals surface area contributed by atoms with Crippen LogP contribution in [0.3, 0.4) is 0 Å². The Labute approximate surface area is 163 Å². The van der Waals surface area contributed by atoms with Crippen LogP contribution in [0.25, 0.3) is 5.82 Å². The van der Waals surface area contributed by atoms with Crippen LogP contribution in [0, 0.1) is 20.8 Å². The number of ether oxygens (including phenoxy) is 1. The lowest BCUT2D eigenvalue weighted by molar-refractivity contribution is 0.459. The standard InChI is InChI=1S/C19H21N5O3S/c1-12-13(2)24(11-20-12)18-10-19(22-14(3)21-18)27-16-6-4-15(5-7-16)23-28(25,26)17-8-9-17/h4-7,10-11,17,23H,8-9H2,1-3H3. The number of imidazole rings is 1. The van der Waals surface area contributed by atoms with Gasteiger partial charge in [0, 0.05) is 17.4 Å². The Kier molecular flexibility index (Phi) is 4.54. The van der Waals surface area contributed by atoms with Gasteiger partial charge >= 0.3 is 0 Å². The molecule has 9 heteroatoms. The molecule has 0 bridgehead atoms. The fourth-order valence-electron chi connectivity index (χ4n) is 2.77. The maximum atomic E-state index is 12.0. The Hall–Kier alpha value is -2.94. The van der Waals surface area contributed by atoms with E-state index in [4.69, 9.17) is 4.74 Å². The van der Waals surface area contributed by atoms with Crippen molar-refractivity contribution in [1.29, 1.82) is 0 Å². The van der Waals surface area contributed by atoms with Crippen molar-refractivity contribution < 1.29 is 13.2 Å². The SMILES string of the molecule is Cc1nc(Oc2ccc(NS(=O)(=O)C3CC3)cc2)cc(-n2cnc(C)c2C)n1. The van der Waals surface area contributed by atoms with Crippen LogP contribution in [-0.4, -0.2) is 33.2 Å². The molecule has 8 nitrogen and oxygen atoms in total. The third-order valence-electron chi connectivity index (χ3n) is 4.60. The molecule has 1 fully saturated rings. The maximum Gasteiger partial charge on any atom is 0.235 e. The van der Waals surface area contributed by atoms with Crippen LogP contribution in [0.1, 0.15) is 30.1 Å². The molecule has 0 radical (unpaired) electrons. The van der Waals surface area contributed by atoms with Gasteiger partial charge in [0.25, 0.3) is 0 Å². The number of nitrogens with zero attached hydrogens (tertiary/aromatic N) is 4. The molecule has 28 heavy (non-hydrogen) atoms. The average molecular weight is 399 g/mol. The summed E-state index contributed by atoms with van der Waals surface area (Å²) in [6, 6.07) is 8.50. The van der Waals surface area contributed by atoms with Crippen LogP contribution in [0.15, 0.2) is 36.7 Å². The quantitative estimate of drug-likeness (QED) is 0.683. The van der Waals surface area contributed by atoms with Crippen molar-refractivity contribution in [2.45, 2.75) is 38.9 Å². The van der Waals surface area contributed by atoms with Crippen LogP contribution < -0.4 is 9.46 Å². The molecular formula is C19H21N5O3S. The lowest BCUT2D eigenvalue weighted by atomic mass is 10.3. The van der Waals surface area contributed by atoms with E-state index in [9.17, 15) is 8.42 Å². The predicted octanol–water partition coefficient (Wildman–Crippen LogP) is 3.28. The summed E-state index contributed by atoms with van der Waals surface area (Å²) in [6.45, 7) is 5.71. The van der Waals surface area contributed by atoms with E-state index in [2.05, 4.69) is 19.7 Å². The molecule has 2 heterocycles. The molecule has 4 rings (SSSR count). The smallest absolute Gasteiger partial charge is 0.235 e. The summed E-state index contributed by atoms with van der Waals surface area (Å²) in [7, 11) is -3.28. The van der Waals surface area contributed by atoms with Crippen molar-refractivity contribution >= 4 is 15.7 Å². The number of aryl methyl sites for hydroxylation is 2. The minimum absolute atomic E-state index is 0.263. The summed E-state index contributed by atoms with van der Waals surface area (Å²) < 4.78 is 34.4. The molecule has 1 saturated carbocycles. The number of rotatable bonds is 6. The number of anilines is 1. The van der Waals surface area contributed by atoms with Crippen molar-refractivity contribution in [2.75, 3.05) is 4.72 Å². The molecule has 1 N–H and O–H groups in total. The third-order valence-corrected chi connectivity index (χ3v) is 6.47. The molecule has 0 unspecified atom stereocenters.